The summed E-state index contributed by atoms with van der Waals surface area (Å²) in [4.78, 5) is 13.4. The lowest BCUT2D eigenvalue weighted by atomic mass is 10.0. The predicted molar refractivity (Wildman–Crippen MR) is 69.9 cm³/mol. The van der Waals surface area contributed by atoms with Crippen molar-refractivity contribution < 1.29 is 14.3 Å². The number of carboxylic acids is 1. The molecule has 5 heteroatoms. The summed E-state index contributed by atoms with van der Waals surface area (Å²) in [5.74, 6) is -1.33. The topological polar surface area (TPSA) is 40.5 Å². The molecule has 0 saturated carbocycles. The molecule has 3 nitrogen and oxygen atoms in total. The highest BCUT2D eigenvalue weighted by Crippen LogP contribution is 2.30. The molecule has 1 N–H and O–H groups in total. The highest BCUT2D eigenvalue weighted by molar-refractivity contribution is 9.10. The largest absolute Gasteiger partial charge is 0.480 e. The smallest absolute Gasteiger partial charge is 0.325 e. The molecule has 98 valence electrons. The minimum absolute atomic E-state index is 0.406. The monoisotopic (exact) mass is 315 g/mol. The SMILES string of the molecule is O=C(O)C(c1cc(F)ccc1Br)N1CCCCC1. The number of nitrogens with zero attached hydrogens (tertiary/aromatic N) is 1. The lowest BCUT2D eigenvalue weighted by molar-refractivity contribution is -0.144. The van der Waals surface area contributed by atoms with E-state index in [0.717, 1.165) is 32.4 Å². The predicted octanol–water partition coefficient (Wildman–Crippen LogP) is 3.20. The van der Waals surface area contributed by atoms with Crippen LogP contribution >= 0.6 is 15.9 Å². The maximum absolute atomic E-state index is 13.3. The Labute approximate surface area is 114 Å². The van der Waals surface area contributed by atoms with Gasteiger partial charge in [0.2, 0.25) is 0 Å². The van der Waals surface area contributed by atoms with E-state index in [1.54, 1.807) is 6.07 Å². The fraction of sp³-hybridized carbons (Fsp3) is 0.462. The highest BCUT2D eigenvalue weighted by Gasteiger charge is 2.30. The zero-order valence-corrected chi connectivity index (χ0v) is 11.5. The summed E-state index contributed by atoms with van der Waals surface area (Å²) < 4.78 is 13.9. The summed E-state index contributed by atoms with van der Waals surface area (Å²) in [6, 6.07) is 3.42. The summed E-state index contributed by atoms with van der Waals surface area (Å²) in [6.45, 7) is 1.50. The molecule has 1 aliphatic rings. The van der Waals surface area contributed by atoms with E-state index in [9.17, 15) is 14.3 Å². The van der Waals surface area contributed by atoms with Gasteiger partial charge in [0.25, 0.3) is 0 Å². The molecule has 1 aromatic rings. The summed E-state index contributed by atoms with van der Waals surface area (Å²) >= 11 is 3.31. The first-order valence-corrected chi connectivity index (χ1v) is 6.80. The molecule has 1 aliphatic heterocycles. The van der Waals surface area contributed by atoms with Gasteiger partial charge in [-0.2, -0.15) is 0 Å². The molecule has 1 saturated heterocycles. The van der Waals surface area contributed by atoms with Crippen molar-refractivity contribution in [2.75, 3.05) is 13.1 Å². The molecule has 1 unspecified atom stereocenters. The molecule has 1 atom stereocenters. The summed E-state index contributed by atoms with van der Waals surface area (Å²) in [5.41, 5.74) is 0.490. The standard InChI is InChI=1S/C13H15BrFNO2/c14-11-5-4-9(15)8-10(11)12(13(17)18)16-6-2-1-3-7-16/h4-5,8,12H,1-3,6-7H2,(H,17,18). The van der Waals surface area contributed by atoms with Crippen LogP contribution in [-0.4, -0.2) is 29.1 Å². The number of likely N-dealkylation sites (tertiary alicyclic amines) is 1. The van der Waals surface area contributed by atoms with Crippen LogP contribution in [0.15, 0.2) is 22.7 Å². The van der Waals surface area contributed by atoms with Crippen LogP contribution in [0.4, 0.5) is 4.39 Å². The number of benzene rings is 1. The van der Waals surface area contributed by atoms with Crippen LogP contribution < -0.4 is 0 Å². The minimum atomic E-state index is -0.928. The van der Waals surface area contributed by atoms with Gasteiger partial charge in [0.1, 0.15) is 11.9 Å². The molecule has 0 aromatic heterocycles. The number of carbonyl (C=O) groups is 1. The van der Waals surface area contributed by atoms with E-state index in [2.05, 4.69) is 15.9 Å². The fourth-order valence-electron chi connectivity index (χ4n) is 2.39. The van der Waals surface area contributed by atoms with Crippen LogP contribution in [0.25, 0.3) is 0 Å². The van der Waals surface area contributed by atoms with E-state index in [0.29, 0.717) is 10.0 Å². The van der Waals surface area contributed by atoms with E-state index in [-0.39, 0.29) is 0 Å². The lowest BCUT2D eigenvalue weighted by Crippen LogP contribution is -2.38. The van der Waals surface area contributed by atoms with Gasteiger partial charge in [-0.3, -0.25) is 9.69 Å². The summed E-state index contributed by atoms with van der Waals surface area (Å²) in [5, 5.41) is 9.41. The molecule has 1 fully saturated rings. The maximum atomic E-state index is 13.3. The van der Waals surface area contributed by atoms with Crippen molar-refractivity contribution in [1.29, 1.82) is 0 Å². The van der Waals surface area contributed by atoms with Crippen LogP contribution in [0.5, 0.6) is 0 Å². The zero-order chi connectivity index (χ0) is 13.1. The molecule has 0 amide bonds. The zero-order valence-electron chi connectivity index (χ0n) is 9.90. The van der Waals surface area contributed by atoms with Crippen molar-refractivity contribution in [2.45, 2.75) is 25.3 Å². The fourth-order valence-corrected chi connectivity index (χ4v) is 2.85. The second kappa shape index (κ2) is 5.80. The Hall–Kier alpha value is -0.940. The number of carboxylic acid groups (broad SMARTS) is 1. The third kappa shape index (κ3) is 2.90. The molecule has 1 heterocycles. The van der Waals surface area contributed by atoms with Crippen LogP contribution in [0, 0.1) is 5.82 Å². The molecule has 2 rings (SSSR count). The average Bonchev–Trinajstić information content (AvgIpc) is 2.35. The van der Waals surface area contributed by atoms with Gasteiger partial charge < -0.3 is 5.11 Å². The van der Waals surface area contributed by atoms with E-state index in [1.165, 1.54) is 12.1 Å². The van der Waals surface area contributed by atoms with Crippen molar-refractivity contribution in [2.24, 2.45) is 0 Å². The Kier molecular flexibility index (Phi) is 4.35. The van der Waals surface area contributed by atoms with Gasteiger partial charge in [0.05, 0.1) is 0 Å². The first-order valence-electron chi connectivity index (χ1n) is 6.01. The molecule has 0 aliphatic carbocycles. The Balaban J connectivity index is 2.34. The first kappa shape index (κ1) is 13.5. The Bertz CT molecular complexity index is 447. The van der Waals surface area contributed by atoms with Crippen LogP contribution in [0.3, 0.4) is 0 Å². The normalized spacial score (nSPS) is 18.6. The van der Waals surface area contributed by atoms with E-state index < -0.39 is 17.8 Å². The van der Waals surface area contributed by atoms with Crippen molar-refractivity contribution in [3.63, 3.8) is 0 Å². The van der Waals surface area contributed by atoms with Crippen molar-refractivity contribution >= 4 is 21.9 Å². The van der Waals surface area contributed by atoms with Crippen molar-refractivity contribution in [1.82, 2.24) is 4.90 Å². The second-order valence-corrected chi connectivity index (χ2v) is 5.36. The van der Waals surface area contributed by atoms with Crippen molar-refractivity contribution in [3.8, 4) is 0 Å². The van der Waals surface area contributed by atoms with Crippen LogP contribution in [0.2, 0.25) is 0 Å². The van der Waals surface area contributed by atoms with Crippen LogP contribution in [0.1, 0.15) is 30.9 Å². The molecule has 18 heavy (non-hydrogen) atoms. The molecule has 1 aromatic carbocycles. The number of hydrogen-bond acceptors (Lipinski definition) is 2. The average molecular weight is 316 g/mol. The van der Waals surface area contributed by atoms with Gasteiger partial charge in [-0.15, -0.1) is 0 Å². The van der Waals surface area contributed by atoms with Gasteiger partial charge in [-0.1, -0.05) is 22.4 Å². The van der Waals surface area contributed by atoms with Gasteiger partial charge in [-0.25, -0.2) is 4.39 Å². The minimum Gasteiger partial charge on any atom is -0.480 e. The summed E-state index contributed by atoms with van der Waals surface area (Å²) in [7, 11) is 0. The summed E-state index contributed by atoms with van der Waals surface area (Å²) in [6.07, 6.45) is 3.13. The molecular formula is C13H15BrFNO2. The molecule has 0 radical (unpaired) electrons. The number of halogens is 2. The van der Waals surface area contributed by atoms with E-state index >= 15 is 0 Å². The maximum Gasteiger partial charge on any atom is 0.325 e. The quantitative estimate of drug-likeness (QED) is 0.931. The third-order valence-corrected chi connectivity index (χ3v) is 3.96. The molecular weight excluding hydrogens is 301 g/mol. The number of rotatable bonds is 3. The molecule has 0 bridgehead atoms. The highest BCUT2D eigenvalue weighted by atomic mass is 79.9. The Morgan fingerprint density at radius 1 is 1.33 bits per heavy atom. The van der Waals surface area contributed by atoms with Gasteiger partial charge in [-0.05, 0) is 49.7 Å². The van der Waals surface area contributed by atoms with Gasteiger partial charge in [0, 0.05) is 4.47 Å². The van der Waals surface area contributed by atoms with Gasteiger partial charge in [0.15, 0.2) is 0 Å². The van der Waals surface area contributed by atoms with Crippen LogP contribution in [-0.2, 0) is 4.79 Å². The molecule has 0 spiro atoms. The lowest BCUT2D eigenvalue weighted by Gasteiger charge is -2.32. The third-order valence-electron chi connectivity index (χ3n) is 3.24. The van der Waals surface area contributed by atoms with E-state index in [4.69, 9.17) is 0 Å². The number of piperidine rings is 1. The number of hydrogen-bond donors (Lipinski definition) is 1. The Morgan fingerprint density at radius 2 is 2.00 bits per heavy atom. The van der Waals surface area contributed by atoms with E-state index in [1.807, 2.05) is 4.90 Å². The van der Waals surface area contributed by atoms with Gasteiger partial charge >= 0.3 is 5.97 Å². The number of aliphatic carboxylic acids is 1. The Morgan fingerprint density at radius 3 is 2.61 bits per heavy atom. The second-order valence-electron chi connectivity index (χ2n) is 4.50. The first-order chi connectivity index (χ1) is 8.59. The van der Waals surface area contributed by atoms with Crippen molar-refractivity contribution in [3.05, 3.63) is 34.1 Å².